The van der Waals surface area contributed by atoms with Gasteiger partial charge in [0.2, 0.25) is 5.05 Å². The summed E-state index contributed by atoms with van der Waals surface area (Å²) in [5.74, 6) is 0.218. The number of H-pyrrole nitrogens is 1. The van der Waals surface area contributed by atoms with Crippen LogP contribution in [0.2, 0.25) is 0 Å². The molecule has 0 aliphatic carbocycles. The minimum Gasteiger partial charge on any atom is -0.347 e. The normalized spacial score (nSPS) is 9.00. The summed E-state index contributed by atoms with van der Waals surface area (Å²) in [6.45, 7) is 0. The zero-order chi connectivity index (χ0) is 6.69. The van der Waals surface area contributed by atoms with Crippen LogP contribution in [0.1, 0.15) is 5.82 Å². The van der Waals surface area contributed by atoms with Crippen LogP contribution in [0.25, 0.3) is 0 Å². The van der Waals surface area contributed by atoms with E-state index in [2.05, 4.69) is 9.97 Å². The van der Waals surface area contributed by atoms with Crippen LogP contribution in [-0.4, -0.2) is 24.3 Å². The van der Waals surface area contributed by atoms with Crippen molar-refractivity contribution in [2.24, 2.45) is 0 Å². The average Bonchev–Trinajstić information content (AvgIpc) is 2.37. The van der Waals surface area contributed by atoms with Gasteiger partial charge in [-0.1, -0.05) is 0 Å². The van der Waals surface area contributed by atoms with Crippen molar-refractivity contribution in [3.8, 4) is 0 Å². The highest BCUT2D eigenvalue weighted by Gasteiger charge is 1.97. The van der Waals surface area contributed by atoms with Gasteiger partial charge in [0, 0.05) is 12.4 Å². The molecular formula is C4H4N2O2S. The number of nitrogens with zero attached hydrogens (tertiary/aromatic N) is 1. The first-order valence-corrected chi connectivity index (χ1v) is 2.94. The lowest BCUT2D eigenvalue weighted by Gasteiger charge is -1.82. The molecule has 0 amide bonds. The Morgan fingerprint density at radius 1 is 1.89 bits per heavy atom. The van der Waals surface area contributed by atoms with Gasteiger partial charge in [0.05, 0.1) is 0 Å². The molecule has 2 N–H and O–H groups in total. The molecule has 0 saturated heterocycles. The quantitative estimate of drug-likeness (QED) is 0.530. The molecule has 0 fully saturated rings. The summed E-state index contributed by atoms with van der Waals surface area (Å²) >= 11 is 0.0110. The van der Waals surface area contributed by atoms with Crippen molar-refractivity contribution in [3.63, 3.8) is 0 Å². The van der Waals surface area contributed by atoms with Gasteiger partial charge < -0.3 is 10.1 Å². The molecule has 1 heterocycles. The minimum atomic E-state index is -0.333. The average molecular weight is 144 g/mol. The Balaban J connectivity index is 3.03. The highest BCUT2D eigenvalue weighted by Crippen LogP contribution is 1.84. The second kappa shape index (κ2) is 2.56. The van der Waals surface area contributed by atoms with Gasteiger partial charge in [0.25, 0.3) is 0 Å². The third-order valence-corrected chi connectivity index (χ3v) is 1.13. The Labute approximate surface area is 54.6 Å². The molecule has 0 aliphatic heterocycles. The number of rotatable bonds is 1. The second-order valence-corrected chi connectivity index (χ2v) is 1.88. The van der Waals surface area contributed by atoms with Crippen molar-refractivity contribution < 1.29 is 9.32 Å². The molecule has 1 aromatic rings. The zero-order valence-corrected chi connectivity index (χ0v) is 5.18. The molecule has 48 valence electrons. The van der Waals surface area contributed by atoms with E-state index in [-0.39, 0.29) is 22.1 Å². The molecule has 0 aliphatic rings. The standard InChI is InChI=1S/C4H4N2O2S/c7-4(9-8)3-5-1-2-6-3/h1-2,7H,(H,5,6). The van der Waals surface area contributed by atoms with E-state index in [0.717, 1.165) is 0 Å². The number of imidazole rings is 1. The summed E-state index contributed by atoms with van der Waals surface area (Å²) in [5.41, 5.74) is 0. The van der Waals surface area contributed by atoms with Crippen molar-refractivity contribution >= 4 is 16.3 Å². The maximum absolute atomic E-state index is 9.90. The van der Waals surface area contributed by atoms with Crippen LogP contribution in [-0.2, 0) is 11.3 Å². The zero-order valence-electron chi connectivity index (χ0n) is 4.37. The molecule has 0 aromatic carbocycles. The molecule has 0 radical (unpaired) electrons. The molecular weight excluding hydrogens is 140 g/mol. The van der Waals surface area contributed by atoms with Gasteiger partial charge in [-0.3, -0.25) is 0 Å². The Morgan fingerprint density at radius 3 is 3.11 bits per heavy atom. The van der Waals surface area contributed by atoms with Crippen molar-refractivity contribution in [1.82, 2.24) is 9.97 Å². The van der Waals surface area contributed by atoms with Crippen LogP contribution in [0.4, 0.5) is 0 Å². The number of hydrogen-bond acceptors (Lipinski definition) is 2. The highest BCUT2D eigenvalue weighted by atomic mass is 32.1. The maximum Gasteiger partial charge on any atom is 0.210 e. The van der Waals surface area contributed by atoms with Crippen molar-refractivity contribution in [3.05, 3.63) is 18.2 Å². The third-order valence-electron chi connectivity index (χ3n) is 0.780. The van der Waals surface area contributed by atoms with Gasteiger partial charge >= 0.3 is 0 Å². The molecule has 1 rings (SSSR count). The number of nitrogens with one attached hydrogen (secondary N) is 1. The van der Waals surface area contributed by atoms with E-state index in [1.165, 1.54) is 12.4 Å². The fourth-order valence-corrected chi connectivity index (χ4v) is 0.612. The molecule has 4 nitrogen and oxygen atoms in total. The van der Waals surface area contributed by atoms with E-state index in [0.29, 0.717) is 0 Å². The monoisotopic (exact) mass is 144 g/mol. The summed E-state index contributed by atoms with van der Waals surface area (Å²) in [6.07, 6.45) is 2.99. The van der Waals surface area contributed by atoms with E-state index in [1.807, 2.05) is 0 Å². The van der Waals surface area contributed by atoms with E-state index in [4.69, 9.17) is 5.11 Å². The second-order valence-electron chi connectivity index (χ2n) is 1.33. The topological polar surface area (TPSA) is 66.0 Å². The fourth-order valence-electron chi connectivity index (χ4n) is 0.422. The van der Waals surface area contributed by atoms with Gasteiger partial charge in [-0.2, -0.15) is 0 Å². The summed E-state index contributed by atoms with van der Waals surface area (Å²) in [7, 11) is 0. The van der Waals surface area contributed by atoms with Crippen molar-refractivity contribution in [2.75, 3.05) is 0 Å². The van der Waals surface area contributed by atoms with Gasteiger partial charge in [-0.25, -0.2) is 9.19 Å². The van der Waals surface area contributed by atoms with E-state index < -0.39 is 0 Å². The Kier molecular flexibility index (Phi) is 1.76. The van der Waals surface area contributed by atoms with Crippen LogP contribution in [0.3, 0.4) is 0 Å². The summed E-state index contributed by atoms with van der Waals surface area (Å²) in [4.78, 5) is 6.19. The summed E-state index contributed by atoms with van der Waals surface area (Å²) in [5, 5.41) is 8.36. The number of hydrogen-bond donors (Lipinski definition) is 2. The molecule has 0 unspecified atom stereocenters. The third kappa shape index (κ3) is 1.24. The molecule has 0 atom stereocenters. The van der Waals surface area contributed by atoms with Gasteiger partial charge in [-0.05, 0) is 0 Å². The number of aromatic nitrogens is 2. The smallest absolute Gasteiger partial charge is 0.210 e. The molecule has 0 spiro atoms. The number of aliphatic hydroxyl groups is 1. The van der Waals surface area contributed by atoms with Crippen LogP contribution in [0, 0.1) is 0 Å². The number of aromatic amines is 1. The van der Waals surface area contributed by atoms with Crippen LogP contribution in [0.15, 0.2) is 12.4 Å². The SMILES string of the molecule is O=S=C(O)c1ncc[nH]1. The van der Waals surface area contributed by atoms with Crippen LogP contribution < -0.4 is 0 Å². The Hall–Kier alpha value is -0.940. The summed E-state index contributed by atoms with van der Waals surface area (Å²) < 4.78 is 9.90. The predicted octanol–water partition coefficient (Wildman–Crippen LogP) is -0.341. The Morgan fingerprint density at radius 2 is 2.67 bits per heavy atom. The molecule has 1 aromatic heterocycles. The Bertz CT molecular complexity index is 237. The fraction of sp³-hybridized carbons (Fsp3) is 0. The maximum atomic E-state index is 9.90. The van der Waals surface area contributed by atoms with Gasteiger partial charge in [0.1, 0.15) is 11.3 Å². The van der Waals surface area contributed by atoms with Gasteiger partial charge in [-0.15, -0.1) is 0 Å². The lowest BCUT2D eigenvalue weighted by atomic mass is 10.7. The van der Waals surface area contributed by atoms with E-state index in [1.54, 1.807) is 0 Å². The molecule has 5 heteroatoms. The first-order chi connectivity index (χ1) is 4.34. The highest BCUT2D eigenvalue weighted by molar-refractivity contribution is 7.66. The molecule has 0 bridgehead atoms. The molecule has 0 saturated carbocycles. The molecule has 9 heavy (non-hydrogen) atoms. The van der Waals surface area contributed by atoms with Crippen LogP contribution in [0.5, 0.6) is 0 Å². The minimum absolute atomic E-state index is 0.0110. The first-order valence-electron chi connectivity index (χ1n) is 2.20. The lowest BCUT2D eigenvalue weighted by molar-refractivity contribution is 0.563. The summed E-state index contributed by atoms with van der Waals surface area (Å²) in [6, 6.07) is 0. The first kappa shape index (κ1) is 6.18. The largest absolute Gasteiger partial charge is 0.347 e. The van der Waals surface area contributed by atoms with Gasteiger partial charge in [0.15, 0.2) is 5.82 Å². The predicted molar refractivity (Wildman–Crippen MR) is 33.5 cm³/mol. The lowest BCUT2D eigenvalue weighted by Crippen LogP contribution is -1.99. The number of aliphatic hydroxyl groups excluding tert-OH is 1. The van der Waals surface area contributed by atoms with Crippen molar-refractivity contribution in [1.29, 1.82) is 0 Å². The van der Waals surface area contributed by atoms with E-state index >= 15 is 0 Å². The van der Waals surface area contributed by atoms with E-state index in [9.17, 15) is 4.21 Å². The van der Waals surface area contributed by atoms with Crippen LogP contribution >= 0.6 is 0 Å². The van der Waals surface area contributed by atoms with Crippen molar-refractivity contribution in [2.45, 2.75) is 0 Å².